The molecular weight excluding hydrogens is 322 g/mol. The molecule has 0 saturated heterocycles. The van der Waals surface area contributed by atoms with Crippen LogP contribution in [0.5, 0.6) is 0 Å². The third kappa shape index (κ3) is 4.44. The minimum Gasteiger partial charge on any atom is -0.330 e. The smallest absolute Gasteiger partial charge is 0.224 e. The third-order valence-electron chi connectivity index (χ3n) is 2.06. The van der Waals surface area contributed by atoms with Gasteiger partial charge in [0, 0.05) is 9.99 Å². The van der Waals surface area contributed by atoms with Gasteiger partial charge in [-0.2, -0.15) is 0 Å². The quantitative estimate of drug-likeness (QED) is 0.641. The van der Waals surface area contributed by atoms with Crippen LogP contribution in [0.25, 0.3) is 0 Å². The van der Waals surface area contributed by atoms with Gasteiger partial charge in [0.2, 0.25) is 5.91 Å². The van der Waals surface area contributed by atoms with Crippen molar-refractivity contribution in [3.05, 3.63) is 27.6 Å². The fraction of sp³-hybridized carbons (Fsp3) is 0.364. The summed E-state index contributed by atoms with van der Waals surface area (Å²) in [5.74, 6) is -0.358. The molecule has 16 heavy (non-hydrogen) atoms. The number of anilines is 1. The zero-order valence-corrected chi connectivity index (χ0v) is 11.0. The van der Waals surface area contributed by atoms with Crippen molar-refractivity contribution in [2.45, 2.75) is 19.3 Å². The molecule has 0 fully saturated rings. The molecule has 0 atom stereocenters. The molecule has 0 aliphatic heterocycles. The predicted octanol–water partition coefficient (Wildman–Crippen LogP) is 2.50. The molecular formula is C11H14FIN2O. The van der Waals surface area contributed by atoms with Crippen LogP contribution in [0.2, 0.25) is 0 Å². The number of carbonyl (C=O) groups excluding carboxylic acids is 1. The van der Waals surface area contributed by atoms with E-state index < -0.39 is 0 Å². The number of rotatable bonds is 5. The highest BCUT2D eigenvalue weighted by atomic mass is 127. The average molecular weight is 336 g/mol. The first-order valence-corrected chi connectivity index (χ1v) is 6.16. The van der Waals surface area contributed by atoms with E-state index >= 15 is 0 Å². The second-order valence-electron chi connectivity index (χ2n) is 3.42. The molecule has 0 saturated carbocycles. The van der Waals surface area contributed by atoms with Crippen molar-refractivity contribution < 1.29 is 9.18 Å². The van der Waals surface area contributed by atoms with Crippen LogP contribution in [0, 0.1) is 9.39 Å². The van der Waals surface area contributed by atoms with Crippen molar-refractivity contribution in [3.8, 4) is 0 Å². The third-order valence-corrected chi connectivity index (χ3v) is 2.96. The highest BCUT2D eigenvalue weighted by Gasteiger charge is 2.05. The molecule has 1 amide bonds. The molecule has 88 valence electrons. The van der Waals surface area contributed by atoms with E-state index in [2.05, 4.69) is 5.32 Å². The van der Waals surface area contributed by atoms with Crippen LogP contribution in [0.1, 0.15) is 19.3 Å². The number of nitrogens with one attached hydrogen (secondary N) is 1. The van der Waals surface area contributed by atoms with Crippen LogP contribution in [-0.2, 0) is 4.79 Å². The number of carbonyl (C=O) groups is 1. The van der Waals surface area contributed by atoms with Gasteiger partial charge in [-0.15, -0.1) is 0 Å². The van der Waals surface area contributed by atoms with Crippen molar-refractivity contribution in [3.63, 3.8) is 0 Å². The largest absolute Gasteiger partial charge is 0.330 e. The SMILES string of the molecule is NCCCCC(=O)Nc1ccc(F)cc1I. The molecule has 0 unspecified atom stereocenters. The summed E-state index contributed by atoms with van der Waals surface area (Å²) in [5.41, 5.74) is 5.99. The van der Waals surface area contributed by atoms with Crippen molar-refractivity contribution >= 4 is 34.2 Å². The van der Waals surface area contributed by atoms with Crippen LogP contribution >= 0.6 is 22.6 Å². The maximum Gasteiger partial charge on any atom is 0.224 e. The van der Waals surface area contributed by atoms with Gasteiger partial charge in [0.25, 0.3) is 0 Å². The van der Waals surface area contributed by atoms with Crippen molar-refractivity contribution in [1.82, 2.24) is 0 Å². The topological polar surface area (TPSA) is 55.1 Å². The van der Waals surface area contributed by atoms with Gasteiger partial charge in [-0.3, -0.25) is 4.79 Å². The minimum absolute atomic E-state index is 0.0574. The monoisotopic (exact) mass is 336 g/mol. The molecule has 3 N–H and O–H groups in total. The maximum absolute atomic E-state index is 12.8. The second kappa shape index (κ2) is 6.80. The second-order valence-corrected chi connectivity index (χ2v) is 4.58. The average Bonchev–Trinajstić information content (AvgIpc) is 2.23. The molecule has 0 aromatic heterocycles. The summed E-state index contributed by atoms with van der Waals surface area (Å²) in [6.45, 7) is 0.599. The van der Waals surface area contributed by atoms with Gasteiger partial charge >= 0.3 is 0 Å². The lowest BCUT2D eigenvalue weighted by molar-refractivity contribution is -0.116. The molecule has 1 rings (SSSR count). The number of nitrogens with two attached hydrogens (primary N) is 1. The van der Waals surface area contributed by atoms with Gasteiger partial charge in [-0.25, -0.2) is 4.39 Å². The Kier molecular flexibility index (Phi) is 5.68. The zero-order valence-electron chi connectivity index (χ0n) is 8.80. The number of amides is 1. The van der Waals surface area contributed by atoms with Crippen molar-refractivity contribution in [1.29, 1.82) is 0 Å². The van der Waals surface area contributed by atoms with Crippen LogP contribution in [0.3, 0.4) is 0 Å². The fourth-order valence-electron chi connectivity index (χ4n) is 1.23. The van der Waals surface area contributed by atoms with Crippen LogP contribution in [0.15, 0.2) is 18.2 Å². The summed E-state index contributed by atoms with van der Waals surface area (Å²) in [7, 11) is 0. The maximum atomic E-state index is 12.8. The molecule has 0 bridgehead atoms. The first kappa shape index (κ1) is 13.4. The Morgan fingerprint density at radius 1 is 1.44 bits per heavy atom. The Bertz CT molecular complexity index is 371. The van der Waals surface area contributed by atoms with E-state index in [0.29, 0.717) is 22.2 Å². The number of benzene rings is 1. The Balaban J connectivity index is 2.49. The number of halogens is 2. The molecule has 3 nitrogen and oxygen atoms in total. The normalized spacial score (nSPS) is 10.2. The molecule has 0 radical (unpaired) electrons. The van der Waals surface area contributed by atoms with E-state index in [1.54, 1.807) is 6.07 Å². The Morgan fingerprint density at radius 2 is 2.19 bits per heavy atom. The lowest BCUT2D eigenvalue weighted by atomic mass is 10.2. The Hall–Kier alpha value is -0.690. The molecule has 1 aromatic rings. The molecule has 0 aliphatic carbocycles. The van der Waals surface area contributed by atoms with E-state index in [1.165, 1.54) is 12.1 Å². The van der Waals surface area contributed by atoms with Crippen LogP contribution in [0.4, 0.5) is 10.1 Å². The summed E-state index contributed by atoms with van der Waals surface area (Å²) in [6.07, 6.45) is 2.07. The lowest BCUT2D eigenvalue weighted by Gasteiger charge is -2.07. The number of unbranched alkanes of at least 4 members (excludes halogenated alkanes) is 1. The molecule has 0 spiro atoms. The van der Waals surface area contributed by atoms with Gasteiger partial charge in [-0.1, -0.05) is 0 Å². The van der Waals surface area contributed by atoms with Gasteiger partial charge < -0.3 is 11.1 Å². The summed E-state index contributed by atoms with van der Waals surface area (Å²) in [6, 6.07) is 4.28. The highest BCUT2D eigenvalue weighted by molar-refractivity contribution is 14.1. The van der Waals surface area contributed by atoms with Crippen molar-refractivity contribution in [2.24, 2.45) is 5.73 Å². The number of hydrogen-bond acceptors (Lipinski definition) is 2. The highest BCUT2D eigenvalue weighted by Crippen LogP contribution is 2.19. The standard InChI is InChI=1S/C11H14FIN2O/c12-8-4-5-10(9(13)7-8)15-11(16)3-1-2-6-14/h4-5,7H,1-3,6,14H2,(H,15,16). The van der Waals surface area contributed by atoms with E-state index in [4.69, 9.17) is 5.73 Å². The molecule has 0 heterocycles. The van der Waals surface area contributed by atoms with Crippen molar-refractivity contribution in [2.75, 3.05) is 11.9 Å². The van der Waals surface area contributed by atoms with E-state index in [9.17, 15) is 9.18 Å². The van der Waals surface area contributed by atoms with Crippen LogP contribution in [-0.4, -0.2) is 12.5 Å². The van der Waals surface area contributed by atoms with Gasteiger partial charge in [-0.05, 0) is 60.2 Å². The molecule has 1 aromatic carbocycles. The lowest BCUT2D eigenvalue weighted by Crippen LogP contribution is -2.12. The predicted molar refractivity (Wildman–Crippen MR) is 70.7 cm³/mol. The first-order valence-electron chi connectivity index (χ1n) is 5.08. The van der Waals surface area contributed by atoms with E-state index in [0.717, 1.165) is 12.8 Å². The summed E-state index contributed by atoms with van der Waals surface area (Å²) >= 11 is 1.99. The number of hydrogen-bond donors (Lipinski definition) is 2. The van der Waals surface area contributed by atoms with Crippen LogP contribution < -0.4 is 11.1 Å². The Labute approximate surface area is 108 Å². The van der Waals surface area contributed by atoms with Gasteiger partial charge in [0.1, 0.15) is 5.82 Å². The summed E-state index contributed by atoms with van der Waals surface area (Å²) < 4.78 is 13.5. The molecule has 0 aliphatic rings. The zero-order chi connectivity index (χ0) is 12.0. The fourth-order valence-corrected chi connectivity index (χ4v) is 1.85. The van der Waals surface area contributed by atoms with E-state index in [1.807, 2.05) is 22.6 Å². The Morgan fingerprint density at radius 3 is 2.81 bits per heavy atom. The summed E-state index contributed by atoms with van der Waals surface area (Å²) in [5, 5.41) is 2.74. The van der Waals surface area contributed by atoms with E-state index in [-0.39, 0.29) is 11.7 Å². The molecule has 5 heteroatoms. The summed E-state index contributed by atoms with van der Waals surface area (Å²) in [4.78, 5) is 11.5. The van der Waals surface area contributed by atoms with Gasteiger partial charge in [0.05, 0.1) is 5.69 Å². The minimum atomic E-state index is -0.300. The van der Waals surface area contributed by atoms with Gasteiger partial charge in [0.15, 0.2) is 0 Å². The first-order chi connectivity index (χ1) is 7.63.